The highest BCUT2D eigenvalue weighted by Crippen LogP contribution is 2.32. The molecule has 0 N–H and O–H groups in total. The SMILES string of the molecule is COc1cc(I)c(C(=O)N2CCC(C(=O)N3CCOCC3)CC2)cc1OC. The third-order valence-electron chi connectivity index (χ3n) is 5.16. The largest absolute Gasteiger partial charge is 0.493 e. The number of piperidine rings is 1. The number of benzene rings is 1. The summed E-state index contributed by atoms with van der Waals surface area (Å²) in [6.07, 6.45) is 1.40. The summed E-state index contributed by atoms with van der Waals surface area (Å²) in [5.41, 5.74) is 0.603. The van der Waals surface area contributed by atoms with Gasteiger partial charge >= 0.3 is 0 Å². The number of amides is 2. The molecule has 2 fully saturated rings. The van der Waals surface area contributed by atoms with Crippen molar-refractivity contribution in [3.63, 3.8) is 0 Å². The third-order valence-corrected chi connectivity index (χ3v) is 6.05. The highest BCUT2D eigenvalue weighted by Gasteiger charge is 2.32. The zero-order chi connectivity index (χ0) is 19.4. The minimum absolute atomic E-state index is 0.00312. The molecule has 27 heavy (non-hydrogen) atoms. The Morgan fingerprint density at radius 2 is 1.59 bits per heavy atom. The van der Waals surface area contributed by atoms with Crippen LogP contribution in [0.15, 0.2) is 12.1 Å². The van der Waals surface area contributed by atoms with Crippen LogP contribution in [0, 0.1) is 9.49 Å². The normalized spacial score (nSPS) is 18.3. The summed E-state index contributed by atoms with van der Waals surface area (Å²) >= 11 is 2.14. The Labute approximate surface area is 173 Å². The van der Waals surface area contributed by atoms with Crippen LogP contribution < -0.4 is 9.47 Å². The second-order valence-corrected chi connectivity index (χ2v) is 7.85. The summed E-state index contributed by atoms with van der Waals surface area (Å²) in [6, 6.07) is 3.54. The molecule has 2 aliphatic heterocycles. The van der Waals surface area contributed by atoms with E-state index >= 15 is 0 Å². The van der Waals surface area contributed by atoms with Crippen molar-refractivity contribution >= 4 is 34.4 Å². The highest BCUT2D eigenvalue weighted by atomic mass is 127. The lowest BCUT2D eigenvalue weighted by Gasteiger charge is -2.35. The van der Waals surface area contributed by atoms with E-state index in [1.54, 1.807) is 26.4 Å². The third kappa shape index (κ3) is 4.48. The van der Waals surface area contributed by atoms with Gasteiger partial charge in [-0.25, -0.2) is 0 Å². The summed E-state index contributed by atoms with van der Waals surface area (Å²) in [7, 11) is 3.13. The Morgan fingerprint density at radius 3 is 2.19 bits per heavy atom. The molecule has 0 radical (unpaired) electrons. The van der Waals surface area contributed by atoms with Crippen molar-refractivity contribution in [2.75, 3.05) is 53.6 Å². The number of hydrogen-bond donors (Lipinski definition) is 0. The topological polar surface area (TPSA) is 68.3 Å². The van der Waals surface area contributed by atoms with Crippen molar-refractivity contribution in [3.8, 4) is 11.5 Å². The van der Waals surface area contributed by atoms with Gasteiger partial charge < -0.3 is 24.0 Å². The summed E-state index contributed by atoms with van der Waals surface area (Å²) in [4.78, 5) is 29.3. The van der Waals surface area contributed by atoms with Gasteiger partial charge in [0.1, 0.15) is 0 Å². The maximum Gasteiger partial charge on any atom is 0.255 e. The van der Waals surface area contributed by atoms with E-state index in [-0.39, 0.29) is 17.7 Å². The van der Waals surface area contributed by atoms with Gasteiger partial charge in [-0.05, 0) is 47.6 Å². The molecule has 1 aromatic rings. The first-order valence-corrected chi connectivity index (χ1v) is 10.2. The van der Waals surface area contributed by atoms with Crippen molar-refractivity contribution in [1.82, 2.24) is 9.80 Å². The summed E-state index contributed by atoms with van der Waals surface area (Å²) in [5.74, 6) is 1.31. The zero-order valence-corrected chi connectivity index (χ0v) is 17.9. The van der Waals surface area contributed by atoms with Gasteiger partial charge in [-0.15, -0.1) is 0 Å². The predicted octanol–water partition coefficient (Wildman–Crippen LogP) is 2.02. The molecule has 2 aliphatic rings. The molecule has 7 nitrogen and oxygen atoms in total. The fourth-order valence-electron chi connectivity index (χ4n) is 3.56. The van der Waals surface area contributed by atoms with Crippen LogP contribution >= 0.6 is 22.6 Å². The average molecular weight is 488 g/mol. The molecule has 1 aromatic carbocycles. The number of ether oxygens (including phenoxy) is 3. The Hall–Kier alpha value is -1.55. The quantitative estimate of drug-likeness (QED) is 0.607. The van der Waals surface area contributed by atoms with Crippen LogP contribution in [0.4, 0.5) is 0 Å². The van der Waals surface area contributed by atoms with Crippen LogP contribution in [0.25, 0.3) is 0 Å². The van der Waals surface area contributed by atoms with Crippen LogP contribution in [-0.2, 0) is 9.53 Å². The molecule has 0 bridgehead atoms. The highest BCUT2D eigenvalue weighted by molar-refractivity contribution is 14.1. The maximum absolute atomic E-state index is 13.0. The first-order chi connectivity index (χ1) is 13.0. The maximum atomic E-state index is 13.0. The van der Waals surface area contributed by atoms with E-state index in [1.807, 2.05) is 9.80 Å². The molecule has 3 rings (SSSR count). The zero-order valence-electron chi connectivity index (χ0n) is 15.7. The molecule has 148 valence electrons. The summed E-state index contributed by atoms with van der Waals surface area (Å²) in [5, 5.41) is 0. The van der Waals surface area contributed by atoms with Crippen LogP contribution in [0.2, 0.25) is 0 Å². The van der Waals surface area contributed by atoms with E-state index in [9.17, 15) is 9.59 Å². The van der Waals surface area contributed by atoms with Crippen LogP contribution in [-0.4, -0.2) is 75.2 Å². The Balaban J connectivity index is 1.64. The Kier molecular flexibility index (Phi) is 6.80. The van der Waals surface area contributed by atoms with Gasteiger partial charge in [-0.2, -0.15) is 0 Å². The second kappa shape index (κ2) is 9.09. The molecule has 0 atom stereocenters. The number of nitrogens with zero attached hydrogens (tertiary/aromatic N) is 2. The van der Waals surface area contributed by atoms with Gasteiger partial charge in [-0.1, -0.05) is 0 Å². The first kappa shape index (κ1) is 20.2. The number of hydrogen-bond acceptors (Lipinski definition) is 5. The fourth-order valence-corrected chi connectivity index (χ4v) is 4.23. The molecular formula is C19H25IN2O5. The van der Waals surface area contributed by atoms with E-state index in [4.69, 9.17) is 14.2 Å². The predicted molar refractivity (Wildman–Crippen MR) is 108 cm³/mol. The van der Waals surface area contributed by atoms with Gasteiger partial charge in [0.25, 0.3) is 5.91 Å². The van der Waals surface area contributed by atoms with Crippen molar-refractivity contribution in [1.29, 1.82) is 0 Å². The number of halogens is 1. The molecule has 0 unspecified atom stereocenters. The lowest BCUT2D eigenvalue weighted by atomic mass is 9.94. The molecular weight excluding hydrogens is 463 g/mol. The molecule has 2 heterocycles. The molecule has 2 amide bonds. The Morgan fingerprint density at radius 1 is 1.00 bits per heavy atom. The van der Waals surface area contributed by atoms with Crippen molar-refractivity contribution in [3.05, 3.63) is 21.3 Å². The number of carbonyl (C=O) groups is 2. The number of carbonyl (C=O) groups excluding carboxylic acids is 2. The van der Waals surface area contributed by atoms with Gasteiger partial charge in [0, 0.05) is 35.7 Å². The fraction of sp³-hybridized carbons (Fsp3) is 0.579. The molecule has 8 heteroatoms. The average Bonchev–Trinajstić information content (AvgIpc) is 2.73. The van der Waals surface area contributed by atoms with Gasteiger partial charge in [-0.3, -0.25) is 9.59 Å². The minimum atomic E-state index is -0.0300. The van der Waals surface area contributed by atoms with Crippen molar-refractivity contribution in [2.24, 2.45) is 5.92 Å². The van der Waals surface area contributed by atoms with Gasteiger partial charge in [0.2, 0.25) is 5.91 Å². The second-order valence-electron chi connectivity index (χ2n) is 6.69. The molecule has 0 aliphatic carbocycles. The van der Waals surface area contributed by atoms with Gasteiger partial charge in [0.15, 0.2) is 11.5 Å². The van der Waals surface area contributed by atoms with E-state index in [1.165, 1.54) is 0 Å². The lowest BCUT2D eigenvalue weighted by Crippen LogP contribution is -2.47. The monoisotopic (exact) mass is 488 g/mol. The van der Waals surface area contributed by atoms with E-state index in [0.29, 0.717) is 69.3 Å². The van der Waals surface area contributed by atoms with Crippen molar-refractivity contribution in [2.45, 2.75) is 12.8 Å². The Bertz CT molecular complexity index is 698. The number of likely N-dealkylation sites (tertiary alicyclic amines) is 1. The summed E-state index contributed by atoms with van der Waals surface area (Å²) < 4.78 is 16.8. The number of rotatable bonds is 4. The first-order valence-electron chi connectivity index (χ1n) is 9.12. The molecule has 0 spiro atoms. The van der Waals surface area contributed by atoms with E-state index < -0.39 is 0 Å². The van der Waals surface area contributed by atoms with Gasteiger partial charge in [0.05, 0.1) is 33.0 Å². The number of methoxy groups -OCH3 is 2. The number of morpholine rings is 1. The van der Waals surface area contributed by atoms with Crippen LogP contribution in [0.5, 0.6) is 11.5 Å². The molecule has 0 aromatic heterocycles. The van der Waals surface area contributed by atoms with E-state index in [0.717, 1.165) is 3.57 Å². The molecule has 0 saturated carbocycles. The molecule has 2 saturated heterocycles. The van der Waals surface area contributed by atoms with Crippen LogP contribution in [0.1, 0.15) is 23.2 Å². The van der Waals surface area contributed by atoms with Crippen LogP contribution in [0.3, 0.4) is 0 Å². The lowest BCUT2D eigenvalue weighted by molar-refractivity contribution is -0.141. The van der Waals surface area contributed by atoms with Crippen molar-refractivity contribution < 1.29 is 23.8 Å². The van der Waals surface area contributed by atoms with E-state index in [2.05, 4.69) is 22.6 Å². The standard InChI is InChI=1S/C19H25IN2O5/c1-25-16-11-14(15(20)12-17(16)26-2)19(24)21-5-3-13(4-6-21)18(23)22-7-9-27-10-8-22/h11-13H,3-10H2,1-2H3. The minimum Gasteiger partial charge on any atom is -0.493 e. The smallest absolute Gasteiger partial charge is 0.255 e. The summed E-state index contributed by atoms with van der Waals surface area (Å²) in [6.45, 7) is 3.74.